The standard InChI is InChI=1S/C21H37N3O3/c1-3-16(4-2)19(23-9-11-27-12-10-23)14-22-21(26)17-13-20(25)24(15-17)18-7-5-6-8-18/h16-19H,3-15H2,1-2H3,(H,22,26). The van der Waals surface area contributed by atoms with Gasteiger partial charge in [-0.05, 0) is 18.8 Å². The van der Waals surface area contributed by atoms with Crippen molar-refractivity contribution in [2.24, 2.45) is 11.8 Å². The number of likely N-dealkylation sites (tertiary alicyclic amines) is 1. The summed E-state index contributed by atoms with van der Waals surface area (Å²) in [5.74, 6) is 0.633. The van der Waals surface area contributed by atoms with Crippen molar-refractivity contribution in [1.82, 2.24) is 15.1 Å². The lowest BCUT2D eigenvalue weighted by molar-refractivity contribution is -0.130. The lowest BCUT2D eigenvalue weighted by Gasteiger charge is -2.39. The van der Waals surface area contributed by atoms with Crippen LogP contribution in [0.5, 0.6) is 0 Å². The number of carbonyl (C=O) groups excluding carboxylic acids is 2. The van der Waals surface area contributed by atoms with E-state index in [1.165, 1.54) is 12.8 Å². The molecule has 0 radical (unpaired) electrons. The molecular formula is C21H37N3O3. The van der Waals surface area contributed by atoms with Crippen molar-refractivity contribution < 1.29 is 14.3 Å². The van der Waals surface area contributed by atoms with Crippen LogP contribution in [-0.2, 0) is 14.3 Å². The zero-order chi connectivity index (χ0) is 19.2. The van der Waals surface area contributed by atoms with Crippen molar-refractivity contribution in [3.8, 4) is 0 Å². The number of morpholine rings is 1. The van der Waals surface area contributed by atoms with Gasteiger partial charge in [-0.15, -0.1) is 0 Å². The second-order valence-corrected chi connectivity index (χ2v) is 8.42. The first-order valence-electron chi connectivity index (χ1n) is 11.0. The predicted molar refractivity (Wildman–Crippen MR) is 105 cm³/mol. The fourth-order valence-electron chi connectivity index (χ4n) is 5.16. The molecule has 6 nitrogen and oxygen atoms in total. The summed E-state index contributed by atoms with van der Waals surface area (Å²) in [4.78, 5) is 29.7. The van der Waals surface area contributed by atoms with Crippen LogP contribution in [0.3, 0.4) is 0 Å². The molecule has 0 spiro atoms. The van der Waals surface area contributed by atoms with Gasteiger partial charge in [-0.25, -0.2) is 0 Å². The van der Waals surface area contributed by atoms with E-state index in [4.69, 9.17) is 4.74 Å². The second-order valence-electron chi connectivity index (χ2n) is 8.42. The number of nitrogens with one attached hydrogen (secondary N) is 1. The Morgan fingerprint density at radius 1 is 1.19 bits per heavy atom. The summed E-state index contributed by atoms with van der Waals surface area (Å²) in [6, 6.07) is 0.733. The molecule has 1 saturated carbocycles. The lowest BCUT2D eigenvalue weighted by atomic mass is 9.92. The topological polar surface area (TPSA) is 61.9 Å². The van der Waals surface area contributed by atoms with Crippen LogP contribution < -0.4 is 5.32 Å². The molecule has 2 heterocycles. The summed E-state index contributed by atoms with van der Waals surface area (Å²) in [6.07, 6.45) is 7.25. The van der Waals surface area contributed by atoms with E-state index in [0.29, 0.717) is 37.5 Å². The molecule has 2 atom stereocenters. The molecule has 0 bridgehead atoms. The second kappa shape index (κ2) is 9.87. The minimum atomic E-state index is -0.176. The van der Waals surface area contributed by atoms with Crippen molar-refractivity contribution in [3.63, 3.8) is 0 Å². The zero-order valence-corrected chi connectivity index (χ0v) is 17.1. The third-order valence-corrected chi connectivity index (χ3v) is 6.89. The first-order valence-corrected chi connectivity index (χ1v) is 11.0. The maximum atomic E-state index is 12.8. The van der Waals surface area contributed by atoms with Gasteiger partial charge in [0.25, 0.3) is 0 Å². The highest BCUT2D eigenvalue weighted by molar-refractivity contribution is 5.89. The number of carbonyl (C=O) groups is 2. The number of hydrogen-bond donors (Lipinski definition) is 1. The molecule has 2 saturated heterocycles. The maximum absolute atomic E-state index is 12.8. The third-order valence-electron chi connectivity index (χ3n) is 6.89. The molecule has 3 rings (SSSR count). The van der Waals surface area contributed by atoms with Gasteiger partial charge in [0.1, 0.15) is 0 Å². The first-order chi connectivity index (χ1) is 13.1. The van der Waals surface area contributed by atoms with Gasteiger partial charge < -0.3 is 15.0 Å². The number of amides is 2. The largest absolute Gasteiger partial charge is 0.379 e. The van der Waals surface area contributed by atoms with Gasteiger partial charge in [0.05, 0.1) is 19.1 Å². The highest BCUT2D eigenvalue weighted by Gasteiger charge is 2.39. The fourth-order valence-corrected chi connectivity index (χ4v) is 5.16. The summed E-state index contributed by atoms with van der Waals surface area (Å²) in [5.41, 5.74) is 0. The Bertz CT molecular complexity index is 497. The molecule has 1 aliphatic carbocycles. The molecule has 154 valence electrons. The van der Waals surface area contributed by atoms with Crippen LogP contribution in [0, 0.1) is 11.8 Å². The lowest BCUT2D eigenvalue weighted by Crippen LogP contribution is -2.52. The van der Waals surface area contributed by atoms with Gasteiger partial charge in [0.2, 0.25) is 11.8 Å². The molecule has 2 unspecified atom stereocenters. The average molecular weight is 380 g/mol. The Hall–Kier alpha value is -1.14. The van der Waals surface area contributed by atoms with Gasteiger partial charge in [-0.1, -0.05) is 39.5 Å². The molecule has 3 aliphatic rings. The van der Waals surface area contributed by atoms with E-state index in [1.807, 2.05) is 4.90 Å². The highest BCUT2D eigenvalue weighted by Crippen LogP contribution is 2.29. The zero-order valence-electron chi connectivity index (χ0n) is 17.1. The molecule has 27 heavy (non-hydrogen) atoms. The van der Waals surface area contributed by atoms with E-state index in [0.717, 1.165) is 52.0 Å². The quantitative estimate of drug-likeness (QED) is 0.701. The Kier molecular flexibility index (Phi) is 7.53. The van der Waals surface area contributed by atoms with Crippen molar-refractivity contribution in [1.29, 1.82) is 0 Å². The van der Waals surface area contributed by atoms with Crippen LogP contribution in [0.2, 0.25) is 0 Å². The average Bonchev–Trinajstić information content (AvgIpc) is 3.35. The highest BCUT2D eigenvalue weighted by atomic mass is 16.5. The van der Waals surface area contributed by atoms with Crippen LogP contribution in [-0.4, -0.2) is 73.1 Å². The smallest absolute Gasteiger partial charge is 0.225 e. The number of ether oxygens (including phenoxy) is 1. The summed E-state index contributed by atoms with van der Waals surface area (Å²) in [5, 5.41) is 3.20. The molecule has 3 fully saturated rings. The molecule has 0 aromatic heterocycles. The van der Waals surface area contributed by atoms with E-state index in [1.54, 1.807) is 0 Å². The van der Waals surface area contributed by atoms with Gasteiger partial charge in [-0.2, -0.15) is 0 Å². The summed E-state index contributed by atoms with van der Waals surface area (Å²) in [6.45, 7) is 9.19. The van der Waals surface area contributed by atoms with E-state index in [9.17, 15) is 9.59 Å². The molecular weight excluding hydrogens is 342 g/mol. The normalized spacial score (nSPS) is 26.1. The van der Waals surface area contributed by atoms with E-state index in [-0.39, 0.29) is 17.7 Å². The van der Waals surface area contributed by atoms with Crippen molar-refractivity contribution >= 4 is 11.8 Å². The predicted octanol–water partition coefficient (Wildman–Crippen LogP) is 2.03. The minimum absolute atomic E-state index is 0.0630. The van der Waals surface area contributed by atoms with Gasteiger partial charge in [0, 0.05) is 44.7 Å². The van der Waals surface area contributed by atoms with E-state index in [2.05, 4.69) is 24.1 Å². The fraction of sp³-hybridized carbons (Fsp3) is 0.905. The van der Waals surface area contributed by atoms with Crippen LogP contribution in [0.1, 0.15) is 58.8 Å². The molecule has 2 amide bonds. The van der Waals surface area contributed by atoms with Gasteiger partial charge >= 0.3 is 0 Å². The monoisotopic (exact) mass is 379 g/mol. The maximum Gasteiger partial charge on any atom is 0.225 e. The van der Waals surface area contributed by atoms with Crippen LogP contribution in [0.15, 0.2) is 0 Å². The number of hydrogen-bond acceptors (Lipinski definition) is 4. The molecule has 2 aliphatic heterocycles. The van der Waals surface area contributed by atoms with Crippen molar-refractivity contribution in [3.05, 3.63) is 0 Å². The molecule has 6 heteroatoms. The van der Waals surface area contributed by atoms with E-state index >= 15 is 0 Å². The minimum Gasteiger partial charge on any atom is -0.379 e. The van der Waals surface area contributed by atoms with Crippen LogP contribution in [0.4, 0.5) is 0 Å². The number of rotatable bonds is 8. The third kappa shape index (κ3) is 5.02. The Balaban J connectivity index is 1.54. The van der Waals surface area contributed by atoms with Gasteiger partial charge in [0.15, 0.2) is 0 Å². The van der Waals surface area contributed by atoms with Gasteiger partial charge in [-0.3, -0.25) is 14.5 Å². The van der Waals surface area contributed by atoms with Crippen LogP contribution >= 0.6 is 0 Å². The summed E-state index contributed by atoms with van der Waals surface area (Å²) >= 11 is 0. The van der Waals surface area contributed by atoms with E-state index < -0.39 is 0 Å². The first kappa shape index (κ1) is 20.6. The number of nitrogens with zero attached hydrogens (tertiary/aromatic N) is 2. The van der Waals surface area contributed by atoms with Crippen LogP contribution in [0.25, 0.3) is 0 Å². The molecule has 0 aromatic rings. The Morgan fingerprint density at radius 3 is 2.48 bits per heavy atom. The SMILES string of the molecule is CCC(CC)C(CNC(=O)C1CC(=O)N(C2CCCC2)C1)N1CCOCC1. The Morgan fingerprint density at radius 2 is 1.85 bits per heavy atom. The molecule has 1 N–H and O–H groups in total. The molecule has 0 aromatic carbocycles. The summed E-state index contributed by atoms with van der Waals surface area (Å²) in [7, 11) is 0. The van der Waals surface area contributed by atoms with Crippen molar-refractivity contribution in [2.45, 2.75) is 70.9 Å². The van der Waals surface area contributed by atoms with Crippen molar-refractivity contribution in [2.75, 3.05) is 39.4 Å². The summed E-state index contributed by atoms with van der Waals surface area (Å²) < 4.78 is 5.50. The Labute approximate surface area is 164 Å².